The van der Waals surface area contributed by atoms with Crippen LogP contribution in [0.3, 0.4) is 0 Å². The van der Waals surface area contributed by atoms with Gasteiger partial charge in [-0.2, -0.15) is 0 Å². The SMILES string of the molecule is CCCC[Si](C)(c1c(C)c(C)c(C)c(C)c1C)c1c(C)[cH-]c2ccccc12.[Cl-].[Cl-].[Cl-].[Ti+4]. The summed E-state index contributed by atoms with van der Waals surface area (Å²) in [6.07, 6.45) is 2.58. The minimum absolute atomic E-state index is 0. The Morgan fingerprint density at radius 1 is 0.742 bits per heavy atom. The average Bonchev–Trinajstić information content (AvgIpc) is 2.99. The molecule has 0 fully saturated rings. The van der Waals surface area contributed by atoms with E-state index in [1.165, 1.54) is 51.9 Å². The molecule has 0 radical (unpaired) electrons. The van der Waals surface area contributed by atoms with Crippen LogP contribution in [0, 0.1) is 41.5 Å². The fourth-order valence-electron chi connectivity index (χ4n) is 5.33. The Morgan fingerprint density at radius 2 is 1.23 bits per heavy atom. The van der Waals surface area contributed by atoms with E-state index in [-0.39, 0.29) is 58.9 Å². The minimum Gasteiger partial charge on any atom is -1.00 e. The molecule has 0 N–H and O–H groups in total. The molecule has 0 aliphatic carbocycles. The molecular formula is C26H35Cl3SiTi. The summed E-state index contributed by atoms with van der Waals surface area (Å²) in [5.74, 6) is 0. The van der Waals surface area contributed by atoms with Crippen LogP contribution in [-0.4, -0.2) is 8.07 Å². The molecule has 3 rings (SSSR count). The first-order chi connectivity index (χ1) is 12.7. The second-order valence-corrected chi connectivity index (χ2v) is 12.9. The van der Waals surface area contributed by atoms with Crippen molar-refractivity contribution in [1.82, 2.24) is 0 Å². The summed E-state index contributed by atoms with van der Waals surface area (Å²) in [7, 11) is -1.85. The van der Waals surface area contributed by atoms with Gasteiger partial charge in [-0.1, -0.05) is 50.5 Å². The van der Waals surface area contributed by atoms with E-state index in [4.69, 9.17) is 0 Å². The number of halogens is 3. The Bertz CT molecular complexity index is 981. The van der Waals surface area contributed by atoms with Crippen LogP contribution in [0.15, 0.2) is 30.3 Å². The molecule has 3 aromatic rings. The average molecular weight is 530 g/mol. The van der Waals surface area contributed by atoms with E-state index in [0.29, 0.717) is 0 Å². The summed E-state index contributed by atoms with van der Waals surface area (Å²) in [5, 5.41) is 6.29. The molecule has 0 heterocycles. The molecule has 168 valence electrons. The Hall–Kier alpha value is -0.149. The third kappa shape index (κ3) is 5.68. The van der Waals surface area contributed by atoms with Crippen molar-refractivity contribution in [3.63, 3.8) is 0 Å². The van der Waals surface area contributed by atoms with E-state index in [0.717, 1.165) is 0 Å². The van der Waals surface area contributed by atoms with Gasteiger partial charge in [0.15, 0.2) is 0 Å². The molecule has 0 spiro atoms. The Morgan fingerprint density at radius 3 is 1.74 bits per heavy atom. The fourth-order valence-corrected chi connectivity index (χ4v) is 10.9. The molecule has 3 aromatic carbocycles. The molecule has 0 nitrogen and oxygen atoms in total. The molecule has 0 saturated heterocycles. The van der Waals surface area contributed by atoms with Gasteiger partial charge in [-0.15, -0.1) is 45.8 Å². The van der Waals surface area contributed by atoms with Gasteiger partial charge in [0.2, 0.25) is 0 Å². The zero-order valence-corrected chi connectivity index (χ0v) is 25.0. The second kappa shape index (κ2) is 12.9. The summed E-state index contributed by atoms with van der Waals surface area (Å²) >= 11 is 0. The molecule has 0 aromatic heterocycles. The standard InChI is InChI=1S/C26H35Si.3ClH.Ti/c1-9-10-15-27(8,25-17(2)16-23-13-11-12-14-24(23)25)26-21(6)19(4)18(3)20(5)22(26)7;;;;/h11-14,16H,9-10,15H2,1-8H3;3*1H;/q-1;;;;+4/p-3. The molecule has 0 amide bonds. The molecular weight excluding hydrogens is 495 g/mol. The van der Waals surface area contributed by atoms with Crippen LogP contribution in [0.1, 0.15) is 53.1 Å². The third-order valence-electron chi connectivity index (χ3n) is 7.13. The molecule has 1 atom stereocenters. The van der Waals surface area contributed by atoms with Gasteiger partial charge in [-0.25, -0.2) is 0 Å². The van der Waals surface area contributed by atoms with Gasteiger partial charge in [0.05, 0.1) is 8.07 Å². The van der Waals surface area contributed by atoms with Crippen molar-refractivity contribution >= 4 is 29.2 Å². The number of hydrogen-bond acceptors (Lipinski definition) is 0. The van der Waals surface area contributed by atoms with Gasteiger partial charge in [0.25, 0.3) is 0 Å². The Balaban J connectivity index is 0. The molecule has 0 aliphatic rings. The maximum Gasteiger partial charge on any atom is 4.00 e. The van der Waals surface area contributed by atoms with Crippen molar-refractivity contribution in [1.29, 1.82) is 0 Å². The Labute approximate surface area is 224 Å². The summed E-state index contributed by atoms with van der Waals surface area (Å²) < 4.78 is 0. The first-order valence-electron chi connectivity index (χ1n) is 10.5. The van der Waals surface area contributed by atoms with Gasteiger partial charge in [-0.3, -0.25) is 0 Å². The molecule has 31 heavy (non-hydrogen) atoms. The van der Waals surface area contributed by atoms with E-state index in [2.05, 4.69) is 85.3 Å². The zero-order valence-electron chi connectivity index (χ0n) is 20.1. The summed E-state index contributed by atoms with van der Waals surface area (Å²) in [5.41, 5.74) is 9.06. The monoisotopic (exact) mass is 528 g/mol. The maximum atomic E-state index is 2.64. The van der Waals surface area contributed by atoms with Crippen LogP contribution in [-0.2, 0) is 21.7 Å². The van der Waals surface area contributed by atoms with Crippen LogP contribution >= 0.6 is 0 Å². The molecule has 0 saturated carbocycles. The second-order valence-electron chi connectivity index (χ2n) is 8.73. The summed E-state index contributed by atoms with van der Waals surface area (Å²) in [4.78, 5) is 0. The third-order valence-corrected chi connectivity index (χ3v) is 12.1. The van der Waals surface area contributed by atoms with Gasteiger partial charge in [-0.05, 0) is 62.4 Å². The van der Waals surface area contributed by atoms with Crippen LogP contribution in [0.5, 0.6) is 0 Å². The molecule has 5 heteroatoms. The van der Waals surface area contributed by atoms with Gasteiger partial charge in [0.1, 0.15) is 0 Å². The van der Waals surface area contributed by atoms with Crippen molar-refractivity contribution in [3.8, 4) is 0 Å². The minimum atomic E-state index is -1.85. The molecule has 0 bridgehead atoms. The van der Waals surface area contributed by atoms with E-state index in [1.54, 1.807) is 21.5 Å². The molecule has 0 aliphatic heterocycles. The number of rotatable bonds is 5. The fraction of sp³-hybridized carbons (Fsp3) is 0.423. The van der Waals surface area contributed by atoms with E-state index >= 15 is 0 Å². The van der Waals surface area contributed by atoms with Crippen molar-refractivity contribution in [2.45, 2.75) is 73.9 Å². The van der Waals surface area contributed by atoms with Crippen LogP contribution in [0.25, 0.3) is 10.8 Å². The van der Waals surface area contributed by atoms with Gasteiger partial charge < -0.3 is 37.2 Å². The zero-order chi connectivity index (χ0) is 19.9. The van der Waals surface area contributed by atoms with Gasteiger partial charge >= 0.3 is 21.7 Å². The number of aryl methyl sites for hydroxylation is 1. The summed E-state index contributed by atoms with van der Waals surface area (Å²) in [6, 6.07) is 12.8. The van der Waals surface area contributed by atoms with Crippen molar-refractivity contribution in [2.75, 3.05) is 0 Å². The number of hydrogen-bond donors (Lipinski definition) is 0. The van der Waals surface area contributed by atoms with Crippen molar-refractivity contribution in [2.24, 2.45) is 0 Å². The smallest absolute Gasteiger partial charge is 1.00 e. The topological polar surface area (TPSA) is 0 Å². The van der Waals surface area contributed by atoms with Crippen LogP contribution in [0.2, 0.25) is 12.6 Å². The first-order valence-corrected chi connectivity index (χ1v) is 13.2. The van der Waals surface area contributed by atoms with Crippen LogP contribution < -0.4 is 47.6 Å². The Kier molecular flexibility index (Phi) is 13.8. The predicted molar refractivity (Wildman–Crippen MR) is 125 cm³/mol. The van der Waals surface area contributed by atoms with Gasteiger partial charge in [0, 0.05) is 0 Å². The number of benzene rings is 2. The first kappa shape index (κ1) is 33.0. The van der Waals surface area contributed by atoms with Crippen molar-refractivity contribution < 1.29 is 58.9 Å². The number of unbranched alkanes of at least 4 members (excludes halogenated alkanes) is 1. The van der Waals surface area contributed by atoms with E-state index < -0.39 is 8.07 Å². The molecule has 1 unspecified atom stereocenters. The summed E-state index contributed by atoms with van der Waals surface area (Å²) in [6.45, 7) is 19.0. The van der Waals surface area contributed by atoms with E-state index in [1.807, 2.05) is 0 Å². The quantitative estimate of drug-likeness (QED) is 0.252. The number of fused-ring (bicyclic) bond motifs is 1. The largest absolute Gasteiger partial charge is 4.00 e. The van der Waals surface area contributed by atoms with Crippen LogP contribution in [0.4, 0.5) is 0 Å². The maximum absolute atomic E-state index is 2.64. The predicted octanol–water partition coefficient (Wildman–Crippen LogP) is -2.59. The van der Waals surface area contributed by atoms with E-state index in [9.17, 15) is 0 Å². The normalized spacial score (nSPS) is 12.1. The van der Waals surface area contributed by atoms with Crippen molar-refractivity contribution in [3.05, 3.63) is 63.7 Å².